The van der Waals surface area contributed by atoms with E-state index in [1.165, 1.54) is 11.2 Å². The number of allylic oxidation sites excluding steroid dienone is 3. The molecule has 2 aromatic heterocycles. The third-order valence-corrected chi connectivity index (χ3v) is 6.83. The number of rotatable bonds is 4. The van der Waals surface area contributed by atoms with Crippen molar-refractivity contribution in [3.8, 4) is 0 Å². The lowest BCUT2D eigenvalue weighted by Crippen LogP contribution is -2.66. The Balaban J connectivity index is 1.33. The van der Waals surface area contributed by atoms with Gasteiger partial charge in [-0.05, 0) is 49.1 Å². The van der Waals surface area contributed by atoms with Crippen molar-refractivity contribution < 1.29 is 26.7 Å². The number of carbonyl (C=O) groups is 1. The van der Waals surface area contributed by atoms with Gasteiger partial charge in [-0.25, -0.2) is 23.3 Å². The predicted octanol–water partition coefficient (Wildman–Crippen LogP) is 4.88. The molecule has 3 heterocycles. The zero-order valence-electron chi connectivity index (χ0n) is 17.5. The van der Waals surface area contributed by atoms with Gasteiger partial charge in [-0.15, -0.1) is 13.2 Å². The second-order valence-corrected chi connectivity index (χ2v) is 8.92. The number of hydrogen-bond acceptors (Lipinski definition) is 3. The molecule has 176 valence electrons. The highest BCUT2D eigenvalue weighted by atomic mass is 19.4. The first-order chi connectivity index (χ1) is 16.2. The first kappa shape index (κ1) is 21.1. The molecular formula is C23H18F5N5O. The molecule has 1 saturated heterocycles. The average Bonchev–Trinajstić information content (AvgIpc) is 3.26. The van der Waals surface area contributed by atoms with Crippen molar-refractivity contribution in [2.24, 2.45) is 17.8 Å². The molecule has 0 spiro atoms. The van der Waals surface area contributed by atoms with Crippen molar-refractivity contribution in [1.82, 2.24) is 19.5 Å². The smallest absolute Gasteiger partial charge is 0.345 e. The van der Waals surface area contributed by atoms with Crippen molar-refractivity contribution in [2.75, 3.05) is 4.90 Å². The summed E-state index contributed by atoms with van der Waals surface area (Å²) in [5, 5.41) is 0. The maximum Gasteiger partial charge on any atom is 0.489 e. The monoisotopic (exact) mass is 475 g/mol. The van der Waals surface area contributed by atoms with Gasteiger partial charge in [0.05, 0.1) is 40.9 Å². The molecule has 4 atom stereocenters. The van der Waals surface area contributed by atoms with E-state index in [0.29, 0.717) is 23.7 Å². The van der Waals surface area contributed by atoms with Crippen LogP contribution in [0.3, 0.4) is 0 Å². The van der Waals surface area contributed by atoms with Crippen LogP contribution in [0.15, 0.2) is 55.0 Å². The summed E-state index contributed by atoms with van der Waals surface area (Å²) >= 11 is 0. The number of β-lactam (4-membered cyclic amide) rings is 1. The number of aromatic amines is 1. The number of nitrogens with zero attached hydrogens (tertiary/aromatic N) is 4. The topological polar surface area (TPSA) is 66.8 Å². The van der Waals surface area contributed by atoms with Crippen molar-refractivity contribution in [1.29, 1.82) is 0 Å². The number of carbonyl (C=O) groups excluding carboxylic acids is 1. The summed E-state index contributed by atoms with van der Waals surface area (Å²) in [6.45, 7) is 0. The van der Waals surface area contributed by atoms with E-state index in [1.807, 2.05) is 0 Å². The Hall–Kier alpha value is -3.50. The average molecular weight is 475 g/mol. The van der Waals surface area contributed by atoms with Crippen LogP contribution in [0.1, 0.15) is 18.5 Å². The van der Waals surface area contributed by atoms with Crippen LogP contribution in [0, 0.1) is 17.8 Å². The van der Waals surface area contributed by atoms with Gasteiger partial charge in [0, 0.05) is 17.5 Å². The van der Waals surface area contributed by atoms with Gasteiger partial charge in [0.1, 0.15) is 18.3 Å². The number of H-pyrrole nitrogens is 1. The Bertz CT molecular complexity index is 1350. The largest absolute Gasteiger partial charge is 0.489 e. The normalized spacial score (nSPS) is 27.6. The maximum absolute atomic E-state index is 15.5. The molecule has 1 aromatic carbocycles. The number of alkyl halides is 4. The second kappa shape index (κ2) is 7.25. The first-order valence-corrected chi connectivity index (χ1v) is 10.8. The van der Waals surface area contributed by atoms with Crippen LogP contribution in [-0.2, 0) is 11.1 Å². The highest BCUT2D eigenvalue weighted by molar-refractivity contribution is 6.04. The molecule has 34 heavy (non-hydrogen) atoms. The molecule has 6 rings (SSSR count). The molecule has 0 radical (unpaired) electrons. The van der Waals surface area contributed by atoms with Gasteiger partial charge in [-0.1, -0.05) is 0 Å². The molecule has 6 nitrogen and oxygen atoms in total. The predicted molar refractivity (Wildman–Crippen MR) is 113 cm³/mol. The second-order valence-electron chi connectivity index (χ2n) is 8.92. The molecule has 1 aliphatic heterocycles. The Kier molecular flexibility index (Phi) is 4.49. The fraction of sp³-hybridized carbons (Fsp3) is 0.348. The van der Waals surface area contributed by atoms with Crippen molar-refractivity contribution in [3.05, 3.63) is 60.7 Å². The van der Waals surface area contributed by atoms with Gasteiger partial charge in [0.2, 0.25) is 5.91 Å². The minimum atomic E-state index is -4.68. The number of fused-ring (bicyclic) bond motifs is 1. The van der Waals surface area contributed by atoms with Crippen molar-refractivity contribution in [3.63, 3.8) is 0 Å². The van der Waals surface area contributed by atoms with Gasteiger partial charge in [0.25, 0.3) is 0 Å². The van der Waals surface area contributed by atoms with E-state index in [1.54, 1.807) is 18.2 Å². The number of aromatic nitrogens is 4. The van der Waals surface area contributed by atoms with Gasteiger partial charge in [-0.2, -0.15) is 0 Å². The highest BCUT2D eigenvalue weighted by Gasteiger charge is 2.59. The quantitative estimate of drug-likeness (QED) is 0.432. The number of anilines is 1. The van der Waals surface area contributed by atoms with Crippen LogP contribution < -0.4 is 4.90 Å². The molecular weight excluding hydrogens is 457 g/mol. The van der Waals surface area contributed by atoms with Crippen LogP contribution in [0.5, 0.6) is 0 Å². The van der Waals surface area contributed by atoms with E-state index in [9.17, 15) is 18.0 Å². The highest BCUT2D eigenvalue weighted by Crippen LogP contribution is 2.52. The van der Waals surface area contributed by atoms with E-state index in [-0.39, 0.29) is 27.7 Å². The number of halogens is 5. The minimum absolute atomic E-state index is 0.0673. The molecule has 2 fully saturated rings. The first-order valence-electron chi connectivity index (χ1n) is 10.8. The van der Waals surface area contributed by atoms with Crippen LogP contribution >= 0.6 is 0 Å². The van der Waals surface area contributed by atoms with Crippen LogP contribution in [-0.4, -0.2) is 37.6 Å². The van der Waals surface area contributed by atoms with Crippen molar-refractivity contribution >= 4 is 28.2 Å². The lowest BCUT2D eigenvalue weighted by Gasteiger charge is -2.51. The summed E-state index contributed by atoms with van der Waals surface area (Å²) in [7, 11) is 0. The molecule has 0 bridgehead atoms. The summed E-state index contributed by atoms with van der Waals surface area (Å²) in [5.74, 6) is -2.68. The SMILES string of the molecule is O=C1[C@H](C2CC2)[C@H](C2C(F)=CC(c3cn(C(F)(F)F)cn3)=CC2F)N1c1ccc2[nH]cnc2c1. The third-order valence-electron chi connectivity index (χ3n) is 6.83. The van der Waals surface area contributed by atoms with Gasteiger partial charge in [-0.3, -0.25) is 4.79 Å². The maximum atomic E-state index is 15.5. The number of hydrogen-bond donors (Lipinski definition) is 1. The lowest BCUT2D eigenvalue weighted by molar-refractivity contribution is -0.204. The number of benzene rings is 1. The molecule has 1 amide bonds. The van der Waals surface area contributed by atoms with Crippen LogP contribution in [0.2, 0.25) is 0 Å². The number of amides is 1. The van der Waals surface area contributed by atoms with E-state index in [2.05, 4.69) is 15.0 Å². The zero-order chi connectivity index (χ0) is 23.8. The summed E-state index contributed by atoms with van der Waals surface area (Å²) in [4.78, 5) is 25.3. The number of nitrogens with one attached hydrogen (secondary N) is 1. The number of imidazole rings is 2. The van der Waals surface area contributed by atoms with Gasteiger partial charge >= 0.3 is 6.30 Å². The minimum Gasteiger partial charge on any atom is -0.345 e. The molecule has 1 N–H and O–H groups in total. The third kappa shape index (κ3) is 3.24. The van der Waals surface area contributed by atoms with Gasteiger partial charge < -0.3 is 9.88 Å². The van der Waals surface area contributed by atoms with E-state index < -0.39 is 36.2 Å². The molecule has 11 heteroatoms. The summed E-state index contributed by atoms with van der Waals surface area (Å²) in [6, 6.07) is 4.41. The standard InChI is InChI=1S/C23H18F5N5O/c24-14-5-12(18-8-32(10-31-18)23(26,27)28)6-15(25)20(14)21-19(11-1-2-11)22(34)33(21)13-3-4-16-17(7-13)30-9-29-16/h3-11,14,19-21H,1-2H2,(H,29,30)/t14?,19-,20?,21-/m1/s1. The molecule has 3 aromatic rings. The lowest BCUT2D eigenvalue weighted by atomic mass is 9.71. The molecule has 2 unspecified atom stereocenters. The fourth-order valence-corrected chi connectivity index (χ4v) is 5.06. The Morgan fingerprint density at radius 2 is 1.91 bits per heavy atom. The Labute approximate surface area is 189 Å². The fourth-order valence-electron chi connectivity index (χ4n) is 5.06. The molecule has 2 aliphatic carbocycles. The summed E-state index contributed by atoms with van der Waals surface area (Å²) in [6.07, 6.45) is -0.00855. The molecule has 3 aliphatic rings. The zero-order valence-corrected chi connectivity index (χ0v) is 17.5. The van der Waals surface area contributed by atoms with Crippen LogP contribution in [0.4, 0.5) is 27.6 Å². The van der Waals surface area contributed by atoms with E-state index >= 15 is 8.78 Å². The van der Waals surface area contributed by atoms with Crippen LogP contribution in [0.25, 0.3) is 16.6 Å². The van der Waals surface area contributed by atoms with Gasteiger partial charge in [0.15, 0.2) is 0 Å². The van der Waals surface area contributed by atoms with E-state index in [4.69, 9.17) is 0 Å². The van der Waals surface area contributed by atoms with Crippen molar-refractivity contribution in [2.45, 2.75) is 31.4 Å². The molecule has 1 saturated carbocycles. The summed E-state index contributed by atoms with van der Waals surface area (Å²) in [5.41, 5.74) is 1.65. The Morgan fingerprint density at radius 1 is 1.12 bits per heavy atom. The summed E-state index contributed by atoms with van der Waals surface area (Å²) < 4.78 is 69.4. The van der Waals surface area contributed by atoms with E-state index in [0.717, 1.165) is 30.5 Å². The Morgan fingerprint density at radius 3 is 2.59 bits per heavy atom.